The zero-order chi connectivity index (χ0) is 9.80. The monoisotopic (exact) mass is 187 g/mol. The van der Waals surface area contributed by atoms with E-state index in [1.807, 2.05) is 36.4 Å². The zero-order valence-electron chi connectivity index (χ0n) is 8.02. The number of nitrogens with zero attached hydrogens (tertiary/aromatic N) is 1. The van der Waals surface area contributed by atoms with E-state index in [0.29, 0.717) is 0 Å². The summed E-state index contributed by atoms with van der Waals surface area (Å²) < 4.78 is 5.65. The summed E-state index contributed by atoms with van der Waals surface area (Å²) in [5.41, 5.74) is 1.04. The second-order valence-corrected chi connectivity index (χ2v) is 3.23. The molecule has 1 aliphatic rings. The van der Waals surface area contributed by atoms with Gasteiger partial charge in [-0.05, 0) is 12.1 Å². The molecule has 0 fully saturated rings. The molecule has 1 heterocycles. The summed E-state index contributed by atoms with van der Waals surface area (Å²) in [7, 11) is 0. The lowest BCUT2D eigenvalue weighted by atomic mass is 10.2. The van der Waals surface area contributed by atoms with Gasteiger partial charge in [-0.2, -0.15) is 0 Å². The molecule has 2 rings (SSSR count). The molecule has 2 nitrogen and oxygen atoms in total. The fourth-order valence-corrected chi connectivity index (χ4v) is 1.44. The van der Waals surface area contributed by atoms with E-state index in [2.05, 4.69) is 11.6 Å². The third kappa shape index (κ3) is 1.84. The highest BCUT2D eigenvalue weighted by Gasteiger charge is 2.15. The second kappa shape index (κ2) is 4.09. The van der Waals surface area contributed by atoms with Crippen LogP contribution in [0.4, 0.5) is 0 Å². The Morgan fingerprint density at radius 2 is 2.14 bits per heavy atom. The summed E-state index contributed by atoms with van der Waals surface area (Å²) in [6, 6.07) is 9.96. The van der Waals surface area contributed by atoms with Crippen LogP contribution in [0, 0.1) is 0 Å². The average molecular weight is 187 g/mol. The van der Waals surface area contributed by atoms with Gasteiger partial charge >= 0.3 is 0 Å². The molecule has 2 heteroatoms. The average Bonchev–Trinajstić information content (AvgIpc) is 2.30. The smallest absolute Gasteiger partial charge is 0.216 e. The van der Waals surface area contributed by atoms with Crippen LogP contribution in [-0.2, 0) is 4.74 Å². The third-order valence-corrected chi connectivity index (χ3v) is 2.22. The van der Waals surface area contributed by atoms with E-state index < -0.39 is 0 Å². The van der Waals surface area contributed by atoms with Gasteiger partial charge in [0.2, 0.25) is 5.90 Å². The lowest BCUT2D eigenvalue weighted by Crippen LogP contribution is -2.22. The Morgan fingerprint density at radius 1 is 1.36 bits per heavy atom. The predicted molar refractivity (Wildman–Crippen MR) is 57.5 cm³/mol. The number of ether oxygens (including phenoxy) is 1. The maximum Gasteiger partial charge on any atom is 0.216 e. The highest BCUT2D eigenvalue weighted by Crippen LogP contribution is 2.13. The molecule has 0 aromatic heterocycles. The summed E-state index contributed by atoms with van der Waals surface area (Å²) in [6.45, 7) is 4.55. The molecule has 0 N–H and O–H groups in total. The topological polar surface area (TPSA) is 21.6 Å². The molecule has 72 valence electrons. The van der Waals surface area contributed by atoms with Crippen molar-refractivity contribution in [1.29, 1.82) is 0 Å². The molecular formula is C12H13NO. The van der Waals surface area contributed by atoms with Gasteiger partial charge in [0, 0.05) is 18.5 Å². The van der Waals surface area contributed by atoms with Gasteiger partial charge in [0.15, 0.2) is 0 Å². The molecule has 1 aliphatic heterocycles. The van der Waals surface area contributed by atoms with Gasteiger partial charge in [-0.25, -0.2) is 0 Å². The Labute approximate surface area is 83.9 Å². The minimum atomic E-state index is 0.114. The first-order valence-corrected chi connectivity index (χ1v) is 4.79. The Kier molecular flexibility index (Phi) is 2.63. The van der Waals surface area contributed by atoms with E-state index in [4.69, 9.17) is 4.74 Å². The highest BCUT2D eigenvalue weighted by atomic mass is 16.5. The van der Waals surface area contributed by atoms with Crippen LogP contribution in [0.15, 0.2) is 48.0 Å². The van der Waals surface area contributed by atoms with Crippen LogP contribution in [0.1, 0.15) is 12.0 Å². The van der Waals surface area contributed by atoms with Gasteiger partial charge < -0.3 is 4.74 Å². The van der Waals surface area contributed by atoms with E-state index in [-0.39, 0.29) is 6.10 Å². The molecule has 1 aromatic rings. The molecule has 0 radical (unpaired) electrons. The van der Waals surface area contributed by atoms with Crippen LogP contribution >= 0.6 is 0 Å². The van der Waals surface area contributed by atoms with Gasteiger partial charge in [-0.1, -0.05) is 30.9 Å². The van der Waals surface area contributed by atoms with Crippen molar-refractivity contribution in [2.75, 3.05) is 6.54 Å². The van der Waals surface area contributed by atoms with E-state index in [1.165, 1.54) is 0 Å². The minimum Gasteiger partial charge on any atom is -0.470 e. The maximum absolute atomic E-state index is 5.65. The Bertz CT molecular complexity index is 343. The van der Waals surface area contributed by atoms with Crippen LogP contribution in [0.3, 0.4) is 0 Å². The van der Waals surface area contributed by atoms with Crippen molar-refractivity contribution in [1.82, 2.24) is 0 Å². The van der Waals surface area contributed by atoms with Crippen molar-refractivity contribution in [3.63, 3.8) is 0 Å². The third-order valence-electron chi connectivity index (χ3n) is 2.22. The highest BCUT2D eigenvalue weighted by molar-refractivity contribution is 5.94. The molecule has 0 bridgehead atoms. The molecule has 0 amide bonds. The van der Waals surface area contributed by atoms with Gasteiger partial charge in [-0.3, -0.25) is 4.99 Å². The van der Waals surface area contributed by atoms with Crippen molar-refractivity contribution in [3.05, 3.63) is 48.6 Å². The van der Waals surface area contributed by atoms with Crippen molar-refractivity contribution in [2.45, 2.75) is 12.5 Å². The molecule has 1 atom stereocenters. The summed E-state index contributed by atoms with van der Waals surface area (Å²) in [6.07, 6.45) is 2.87. The Morgan fingerprint density at radius 3 is 2.86 bits per heavy atom. The van der Waals surface area contributed by atoms with Crippen molar-refractivity contribution < 1.29 is 4.74 Å². The number of aliphatic imine (C=N–C) groups is 1. The van der Waals surface area contributed by atoms with Gasteiger partial charge in [0.25, 0.3) is 0 Å². The fraction of sp³-hybridized carbons (Fsp3) is 0.250. The lowest BCUT2D eigenvalue weighted by molar-refractivity contribution is 0.213. The predicted octanol–water partition coefficient (Wildman–Crippen LogP) is 2.41. The van der Waals surface area contributed by atoms with Crippen LogP contribution in [0.2, 0.25) is 0 Å². The molecule has 0 saturated carbocycles. The number of rotatable bonds is 2. The molecule has 0 aliphatic carbocycles. The summed E-state index contributed by atoms with van der Waals surface area (Å²) >= 11 is 0. The van der Waals surface area contributed by atoms with E-state index >= 15 is 0 Å². The largest absolute Gasteiger partial charge is 0.470 e. The summed E-state index contributed by atoms with van der Waals surface area (Å²) in [5, 5.41) is 0. The summed E-state index contributed by atoms with van der Waals surface area (Å²) in [5.74, 6) is 0.738. The van der Waals surface area contributed by atoms with Crippen molar-refractivity contribution >= 4 is 5.90 Å². The summed E-state index contributed by atoms with van der Waals surface area (Å²) in [4.78, 5) is 4.34. The molecule has 0 saturated heterocycles. The zero-order valence-corrected chi connectivity index (χ0v) is 8.02. The Hall–Kier alpha value is -1.57. The fourth-order valence-electron chi connectivity index (χ4n) is 1.44. The van der Waals surface area contributed by atoms with Gasteiger partial charge in [0.05, 0.1) is 0 Å². The number of hydrogen-bond acceptors (Lipinski definition) is 2. The molecule has 0 unspecified atom stereocenters. The number of hydrogen-bond donors (Lipinski definition) is 0. The molecule has 0 spiro atoms. The molecule has 14 heavy (non-hydrogen) atoms. The van der Waals surface area contributed by atoms with Crippen LogP contribution in [-0.4, -0.2) is 18.5 Å². The van der Waals surface area contributed by atoms with Crippen molar-refractivity contribution in [3.8, 4) is 0 Å². The number of benzene rings is 1. The first-order chi connectivity index (χ1) is 6.90. The normalized spacial score (nSPS) is 20.9. The molecule has 1 aromatic carbocycles. The van der Waals surface area contributed by atoms with Crippen LogP contribution in [0.5, 0.6) is 0 Å². The van der Waals surface area contributed by atoms with Gasteiger partial charge in [-0.15, -0.1) is 0 Å². The van der Waals surface area contributed by atoms with E-state index in [0.717, 1.165) is 24.4 Å². The quantitative estimate of drug-likeness (QED) is 0.651. The van der Waals surface area contributed by atoms with E-state index in [1.54, 1.807) is 0 Å². The van der Waals surface area contributed by atoms with Crippen LogP contribution < -0.4 is 0 Å². The first kappa shape index (κ1) is 9.00. The molecular weight excluding hydrogens is 174 g/mol. The Balaban J connectivity index is 2.19. The van der Waals surface area contributed by atoms with Crippen LogP contribution in [0.25, 0.3) is 0 Å². The minimum absolute atomic E-state index is 0.114. The van der Waals surface area contributed by atoms with Crippen molar-refractivity contribution in [2.24, 2.45) is 4.99 Å². The SMILES string of the molecule is C=C[C@@H]1CCN=C(c2ccccc2)O1. The second-order valence-electron chi connectivity index (χ2n) is 3.23. The first-order valence-electron chi connectivity index (χ1n) is 4.79. The van der Waals surface area contributed by atoms with E-state index in [9.17, 15) is 0 Å². The standard InChI is InChI=1S/C12H13NO/c1-2-11-8-9-13-12(14-11)10-6-4-3-5-7-10/h2-7,11H,1,8-9H2/t11-/m1/s1. The van der Waals surface area contributed by atoms with Gasteiger partial charge in [0.1, 0.15) is 6.10 Å². The lowest BCUT2D eigenvalue weighted by Gasteiger charge is -2.20. The maximum atomic E-state index is 5.65.